The molecule has 3 aromatic carbocycles. The lowest BCUT2D eigenvalue weighted by atomic mass is 9.97. The molecule has 2 saturated heterocycles. The van der Waals surface area contributed by atoms with Crippen LogP contribution in [0.2, 0.25) is 0 Å². The van der Waals surface area contributed by atoms with E-state index in [1.807, 2.05) is 62.2 Å². The molecular formula is C54H67N5O12S. The molecule has 2 fully saturated rings. The first-order valence-corrected chi connectivity index (χ1v) is 25.4. The fourth-order valence-electron chi connectivity index (χ4n) is 8.65. The van der Waals surface area contributed by atoms with E-state index >= 15 is 0 Å². The summed E-state index contributed by atoms with van der Waals surface area (Å²) in [6.45, 7) is 14.7. The molecule has 18 heteroatoms. The maximum atomic E-state index is 13.7. The summed E-state index contributed by atoms with van der Waals surface area (Å²) in [5, 5.41) is 14.1. The van der Waals surface area contributed by atoms with Crippen LogP contribution in [0.3, 0.4) is 0 Å². The maximum Gasteiger partial charge on any atom is 0.307 e. The van der Waals surface area contributed by atoms with Crippen LogP contribution in [0, 0.1) is 6.92 Å². The number of benzene rings is 3. The quantitative estimate of drug-likeness (QED) is 0.0487. The van der Waals surface area contributed by atoms with Crippen LogP contribution in [0.5, 0.6) is 17.2 Å². The molecule has 0 aliphatic carbocycles. The van der Waals surface area contributed by atoms with Crippen molar-refractivity contribution in [1.29, 1.82) is 0 Å². The summed E-state index contributed by atoms with van der Waals surface area (Å²) < 4.78 is 38.7. The fourth-order valence-corrected chi connectivity index (χ4v) is 9.53. The molecule has 7 rings (SSSR count). The zero-order chi connectivity index (χ0) is 51.2. The van der Waals surface area contributed by atoms with Crippen molar-refractivity contribution in [1.82, 2.24) is 15.1 Å². The van der Waals surface area contributed by atoms with Gasteiger partial charge in [-0.3, -0.25) is 29.2 Å². The van der Waals surface area contributed by atoms with Crippen molar-refractivity contribution in [2.24, 2.45) is 9.98 Å². The van der Waals surface area contributed by atoms with Gasteiger partial charge >= 0.3 is 5.97 Å². The molecule has 386 valence electrons. The number of methoxy groups -OCH3 is 1. The summed E-state index contributed by atoms with van der Waals surface area (Å²) in [6, 6.07) is 12.5. The van der Waals surface area contributed by atoms with Crippen molar-refractivity contribution in [2.45, 2.75) is 83.9 Å². The molecule has 0 bridgehead atoms. The molecule has 2 atom stereocenters. The van der Waals surface area contributed by atoms with Crippen molar-refractivity contribution in [3.05, 3.63) is 99.1 Å². The third kappa shape index (κ3) is 14.1. The van der Waals surface area contributed by atoms with Crippen LogP contribution < -0.4 is 14.8 Å². The molecule has 0 radical (unpaired) electrons. The lowest BCUT2D eigenvalue weighted by molar-refractivity contribution is -0.142. The van der Waals surface area contributed by atoms with Crippen LogP contribution in [0.1, 0.15) is 89.9 Å². The number of hydrogen-bond acceptors (Lipinski definition) is 15. The van der Waals surface area contributed by atoms with E-state index in [1.165, 1.54) is 36.1 Å². The van der Waals surface area contributed by atoms with E-state index in [0.29, 0.717) is 94.1 Å². The van der Waals surface area contributed by atoms with E-state index in [2.05, 4.69) is 41.0 Å². The molecule has 4 aliphatic heterocycles. The predicted octanol–water partition coefficient (Wildman–Crippen LogP) is 7.33. The minimum absolute atomic E-state index is 0.0460. The number of ether oxygens (including phenoxy) is 7. The molecule has 0 unspecified atom stereocenters. The van der Waals surface area contributed by atoms with E-state index in [0.717, 1.165) is 35.1 Å². The van der Waals surface area contributed by atoms with Gasteiger partial charge in [0.25, 0.3) is 11.8 Å². The van der Waals surface area contributed by atoms with Crippen LogP contribution in [-0.4, -0.2) is 148 Å². The highest BCUT2D eigenvalue weighted by Gasteiger charge is 2.36. The minimum Gasteiger partial charge on any atom is -0.504 e. The Labute approximate surface area is 425 Å². The topological polar surface area (TPSA) is 196 Å². The van der Waals surface area contributed by atoms with E-state index < -0.39 is 4.75 Å². The van der Waals surface area contributed by atoms with Crippen molar-refractivity contribution in [3.63, 3.8) is 0 Å². The summed E-state index contributed by atoms with van der Waals surface area (Å²) in [5.41, 5.74) is 7.61. The third-order valence-electron chi connectivity index (χ3n) is 12.9. The highest BCUT2D eigenvalue weighted by molar-refractivity contribution is 8.00. The van der Waals surface area contributed by atoms with Gasteiger partial charge < -0.3 is 53.4 Å². The number of fused-ring (bicyclic) bond motifs is 4. The lowest BCUT2D eigenvalue weighted by Crippen LogP contribution is -2.35. The number of allylic oxidation sites excluding steroid dienone is 2. The molecule has 4 heterocycles. The Morgan fingerprint density at radius 1 is 0.736 bits per heavy atom. The summed E-state index contributed by atoms with van der Waals surface area (Å²) in [6.07, 6.45) is 9.45. The van der Waals surface area contributed by atoms with Gasteiger partial charge in [-0.2, -0.15) is 0 Å². The largest absolute Gasteiger partial charge is 0.504 e. The number of thioether (sulfide) groups is 1. The predicted molar refractivity (Wildman–Crippen MR) is 275 cm³/mol. The van der Waals surface area contributed by atoms with Crippen molar-refractivity contribution < 1.29 is 57.4 Å². The molecule has 17 nitrogen and oxygen atoms in total. The van der Waals surface area contributed by atoms with Gasteiger partial charge in [-0.05, 0) is 87.9 Å². The summed E-state index contributed by atoms with van der Waals surface area (Å²) >= 11 is 1.49. The molecule has 3 amide bonds. The highest BCUT2D eigenvalue weighted by atomic mass is 32.2. The zero-order valence-corrected chi connectivity index (χ0v) is 43.0. The van der Waals surface area contributed by atoms with Crippen LogP contribution >= 0.6 is 11.8 Å². The monoisotopic (exact) mass is 1010 g/mol. The van der Waals surface area contributed by atoms with E-state index in [-0.39, 0.29) is 79.3 Å². The summed E-state index contributed by atoms with van der Waals surface area (Å²) in [4.78, 5) is 64.5. The SMILES string of the molecule is C/C=C1\C[C@H]2C=Nc3cc(OCc4cc(COc5cc6c(cc5O)C(=O)N5C/C(=C/C)C[C@H]5C=N6)cc(C(C)(C)SCC(=O)NCCOCCOCCOCCOCCC(=O)OC)c4)c(C)cc3C(=O)N2C1. The Hall–Kier alpha value is -6.05. The number of phenolic OH excluding ortho intramolecular Hbond substituents is 1. The van der Waals surface area contributed by atoms with Gasteiger partial charge in [0.05, 0.1) is 107 Å². The van der Waals surface area contributed by atoms with E-state index in [9.17, 15) is 24.3 Å². The lowest BCUT2D eigenvalue weighted by Gasteiger charge is -2.26. The Bertz CT molecular complexity index is 2440. The minimum atomic E-state index is -0.548. The summed E-state index contributed by atoms with van der Waals surface area (Å²) in [7, 11) is 1.34. The number of phenols is 1. The van der Waals surface area contributed by atoms with Crippen molar-refractivity contribution in [2.75, 3.05) is 85.4 Å². The van der Waals surface area contributed by atoms with E-state index in [1.54, 1.807) is 17.2 Å². The standard InChI is InChI=1S/C54H67N5O12S/c1-7-36-23-41-28-56-45-26-48(35(3)19-43(45)52(63)58(41)30-36)70-32-38-20-39(33-71-49-27-46-44(25-47(49)60)53(64)59-31-37(8-2)24-42(59)29-57-46)22-40(21-38)54(4,5)72-34-50(61)55-10-12-67-14-16-69-18-17-68-15-13-66-11-9-51(62)65-6/h7-8,19-22,25-29,41-42,60H,9-18,23-24,30-34H2,1-6H3,(H,55,61)/b36-7+,37-8+/t41-,42-/m0/s1. The number of hydrogen-bond donors (Lipinski definition) is 2. The first kappa shape index (κ1) is 53.7. The van der Waals surface area contributed by atoms with Crippen LogP contribution in [0.25, 0.3) is 0 Å². The number of carbonyl (C=O) groups is 4. The number of nitrogens with one attached hydrogen (secondary N) is 1. The Balaban J connectivity index is 0.958. The molecule has 4 aliphatic rings. The van der Waals surface area contributed by atoms with E-state index in [4.69, 9.17) is 33.4 Å². The van der Waals surface area contributed by atoms with Gasteiger partial charge in [0.2, 0.25) is 5.91 Å². The van der Waals surface area contributed by atoms with Gasteiger partial charge in [-0.1, -0.05) is 35.4 Å². The first-order chi connectivity index (χ1) is 34.8. The highest BCUT2D eigenvalue weighted by Crippen LogP contribution is 2.41. The molecule has 3 aromatic rings. The average Bonchev–Trinajstić information content (AvgIpc) is 3.95. The van der Waals surface area contributed by atoms with Crippen LogP contribution in [0.15, 0.2) is 75.7 Å². The first-order valence-electron chi connectivity index (χ1n) is 24.4. The fraction of sp³-hybridized carbons (Fsp3) is 0.481. The Kier molecular flexibility index (Phi) is 19.1. The molecule has 0 spiro atoms. The molecule has 2 N–H and O–H groups in total. The second kappa shape index (κ2) is 25.6. The third-order valence-corrected chi connectivity index (χ3v) is 14.3. The smallest absolute Gasteiger partial charge is 0.307 e. The average molecular weight is 1010 g/mol. The summed E-state index contributed by atoms with van der Waals surface area (Å²) in [5.74, 6) is 0.139. The Morgan fingerprint density at radius 3 is 1.81 bits per heavy atom. The van der Waals surface area contributed by atoms with Crippen LogP contribution in [-0.2, 0) is 51.2 Å². The molecular weight excluding hydrogens is 943 g/mol. The van der Waals surface area contributed by atoms with Gasteiger partial charge in [0.1, 0.15) is 19.0 Å². The van der Waals surface area contributed by atoms with Crippen LogP contribution in [0.4, 0.5) is 11.4 Å². The van der Waals surface area contributed by atoms with Gasteiger partial charge in [-0.25, -0.2) is 0 Å². The number of aryl methyl sites for hydroxylation is 1. The second-order valence-electron chi connectivity index (χ2n) is 18.4. The van der Waals surface area contributed by atoms with Crippen molar-refractivity contribution >= 4 is 59.3 Å². The normalized spacial score (nSPS) is 18.2. The van der Waals surface area contributed by atoms with Gasteiger partial charge in [0.15, 0.2) is 11.5 Å². The zero-order valence-electron chi connectivity index (χ0n) is 42.2. The maximum absolute atomic E-state index is 13.7. The number of carbonyl (C=O) groups excluding carboxylic acids is 4. The number of nitrogens with zero attached hydrogens (tertiary/aromatic N) is 4. The number of aromatic hydroxyl groups is 1. The molecule has 0 saturated carbocycles. The molecule has 72 heavy (non-hydrogen) atoms. The molecule has 0 aromatic heterocycles. The van der Waals surface area contributed by atoms with Gasteiger partial charge in [0, 0.05) is 48.9 Å². The number of aliphatic imine (C=N–C) groups is 2. The van der Waals surface area contributed by atoms with Gasteiger partial charge in [-0.15, -0.1) is 11.8 Å². The second-order valence-corrected chi connectivity index (χ2v) is 20.0. The number of amides is 3. The number of esters is 1. The Morgan fingerprint density at radius 2 is 1.25 bits per heavy atom. The number of rotatable bonds is 25. The van der Waals surface area contributed by atoms with Crippen molar-refractivity contribution in [3.8, 4) is 17.2 Å².